The number of nitrogens with one attached hydrogen (secondary N) is 1. The number of thiazole rings is 1. The van der Waals surface area contributed by atoms with Crippen LogP contribution in [0.4, 0.5) is 5.13 Å². The Morgan fingerprint density at radius 2 is 2.29 bits per heavy atom. The zero-order valence-corrected chi connectivity index (χ0v) is 12.0. The summed E-state index contributed by atoms with van der Waals surface area (Å²) in [6.45, 7) is 9.55. The fraction of sp³-hybridized carbons (Fsp3) is 0.750. The molecular formula is C12H23N3OS. The Morgan fingerprint density at radius 3 is 2.94 bits per heavy atom. The molecule has 1 aromatic heterocycles. The molecule has 0 radical (unpaired) electrons. The van der Waals surface area contributed by atoms with Gasteiger partial charge in [0.1, 0.15) is 0 Å². The van der Waals surface area contributed by atoms with Crippen molar-refractivity contribution in [1.29, 1.82) is 0 Å². The predicted octanol–water partition coefficient (Wildman–Crippen LogP) is 2.11. The van der Waals surface area contributed by atoms with Crippen molar-refractivity contribution < 1.29 is 4.74 Å². The summed E-state index contributed by atoms with van der Waals surface area (Å²) >= 11 is 1.69. The van der Waals surface area contributed by atoms with Gasteiger partial charge in [-0.15, -0.1) is 11.3 Å². The molecule has 0 aromatic carbocycles. The van der Waals surface area contributed by atoms with Gasteiger partial charge in [-0.3, -0.25) is 0 Å². The maximum absolute atomic E-state index is 5.33. The lowest BCUT2D eigenvalue weighted by molar-refractivity contribution is 0.154. The number of likely N-dealkylation sites (N-methyl/N-ethyl adjacent to an activating group) is 1. The fourth-order valence-electron chi connectivity index (χ4n) is 1.30. The van der Waals surface area contributed by atoms with Crippen LogP contribution < -0.4 is 10.2 Å². The maximum atomic E-state index is 5.33. The third kappa shape index (κ3) is 5.48. The van der Waals surface area contributed by atoms with Gasteiger partial charge in [0.05, 0.1) is 12.3 Å². The monoisotopic (exact) mass is 257 g/mol. The molecule has 98 valence electrons. The largest absolute Gasteiger partial charge is 0.380 e. The number of hydrogen-bond acceptors (Lipinski definition) is 5. The maximum Gasteiger partial charge on any atom is 0.185 e. The van der Waals surface area contributed by atoms with E-state index in [1.807, 2.05) is 6.92 Å². The lowest BCUT2D eigenvalue weighted by atomic mass is 10.4. The second-order valence-electron chi connectivity index (χ2n) is 4.28. The first-order valence-corrected chi connectivity index (χ1v) is 6.98. The molecule has 0 amide bonds. The molecule has 1 N–H and O–H groups in total. The highest BCUT2D eigenvalue weighted by Crippen LogP contribution is 2.18. The molecule has 0 aliphatic heterocycles. The average molecular weight is 257 g/mol. The van der Waals surface area contributed by atoms with E-state index in [0.29, 0.717) is 6.04 Å². The fourth-order valence-corrected chi connectivity index (χ4v) is 2.12. The van der Waals surface area contributed by atoms with Crippen molar-refractivity contribution in [3.63, 3.8) is 0 Å². The van der Waals surface area contributed by atoms with Crippen molar-refractivity contribution in [2.75, 3.05) is 31.7 Å². The number of aromatic nitrogens is 1. The highest BCUT2D eigenvalue weighted by molar-refractivity contribution is 7.13. The lowest BCUT2D eigenvalue weighted by Crippen LogP contribution is -2.23. The normalized spacial score (nSPS) is 11.1. The smallest absolute Gasteiger partial charge is 0.185 e. The van der Waals surface area contributed by atoms with Gasteiger partial charge in [0.2, 0.25) is 0 Å². The quantitative estimate of drug-likeness (QED) is 0.724. The van der Waals surface area contributed by atoms with Crippen LogP contribution in [0.25, 0.3) is 0 Å². The SMILES string of the molecule is CCOCCN(C)c1nc(CNC(C)C)cs1. The number of nitrogens with zero attached hydrogens (tertiary/aromatic N) is 2. The highest BCUT2D eigenvalue weighted by atomic mass is 32.1. The Kier molecular flexibility index (Phi) is 6.47. The molecule has 0 saturated carbocycles. The van der Waals surface area contributed by atoms with Gasteiger partial charge < -0.3 is 15.0 Å². The van der Waals surface area contributed by atoms with Gasteiger partial charge >= 0.3 is 0 Å². The van der Waals surface area contributed by atoms with Gasteiger partial charge in [-0.25, -0.2) is 4.98 Å². The summed E-state index contributed by atoms with van der Waals surface area (Å²) in [5.41, 5.74) is 1.11. The minimum Gasteiger partial charge on any atom is -0.380 e. The van der Waals surface area contributed by atoms with Gasteiger partial charge in [0, 0.05) is 38.2 Å². The van der Waals surface area contributed by atoms with Gasteiger partial charge in [-0.05, 0) is 6.92 Å². The van der Waals surface area contributed by atoms with Crippen LogP contribution >= 0.6 is 11.3 Å². The van der Waals surface area contributed by atoms with E-state index in [0.717, 1.165) is 37.1 Å². The number of anilines is 1. The third-order valence-corrected chi connectivity index (χ3v) is 3.34. The minimum atomic E-state index is 0.496. The van der Waals surface area contributed by atoms with E-state index in [1.165, 1.54) is 0 Å². The number of rotatable bonds is 8. The molecule has 1 heterocycles. The lowest BCUT2D eigenvalue weighted by Gasteiger charge is -2.15. The first kappa shape index (κ1) is 14.4. The molecule has 1 aromatic rings. The second kappa shape index (κ2) is 7.63. The first-order valence-electron chi connectivity index (χ1n) is 6.10. The van der Waals surface area contributed by atoms with Crippen LogP contribution in [0.3, 0.4) is 0 Å². The van der Waals surface area contributed by atoms with Crippen LogP contribution in [-0.2, 0) is 11.3 Å². The summed E-state index contributed by atoms with van der Waals surface area (Å²) < 4.78 is 5.33. The van der Waals surface area contributed by atoms with E-state index in [1.54, 1.807) is 11.3 Å². The summed E-state index contributed by atoms with van der Waals surface area (Å²) in [6.07, 6.45) is 0. The summed E-state index contributed by atoms with van der Waals surface area (Å²) in [6, 6.07) is 0.496. The van der Waals surface area contributed by atoms with E-state index in [-0.39, 0.29) is 0 Å². The predicted molar refractivity (Wildman–Crippen MR) is 73.9 cm³/mol. The summed E-state index contributed by atoms with van der Waals surface area (Å²) in [5, 5.41) is 6.54. The Hall–Kier alpha value is -0.650. The van der Waals surface area contributed by atoms with Gasteiger partial charge in [0.15, 0.2) is 5.13 Å². The van der Waals surface area contributed by atoms with Crippen LogP contribution in [0.1, 0.15) is 26.5 Å². The average Bonchev–Trinajstić information content (AvgIpc) is 2.75. The van der Waals surface area contributed by atoms with E-state index in [2.05, 4.69) is 41.5 Å². The molecule has 1 rings (SSSR count). The second-order valence-corrected chi connectivity index (χ2v) is 5.11. The van der Waals surface area contributed by atoms with Crippen molar-refractivity contribution in [1.82, 2.24) is 10.3 Å². The van der Waals surface area contributed by atoms with Crippen LogP contribution in [-0.4, -0.2) is 37.8 Å². The van der Waals surface area contributed by atoms with Crippen molar-refractivity contribution in [2.24, 2.45) is 0 Å². The molecule has 0 aliphatic carbocycles. The minimum absolute atomic E-state index is 0.496. The summed E-state index contributed by atoms with van der Waals surface area (Å²) in [7, 11) is 2.05. The van der Waals surface area contributed by atoms with E-state index >= 15 is 0 Å². The molecule has 0 aliphatic rings. The molecular weight excluding hydrogens is 234 g/mol. The van der Waals surface area contributed by atoms with Gasteiger partial charge in [-0.2, -0.15) is 0 Å². The Morgan fingerprint density at radius 1 is 1.53 bits per heavy atom. The molecule has 0 fully saturated rings. The van der Waals surface area contributed by atoms with Crippen molar-refractivity contribution in [2.45, 2.75) is 33.4 Å². The Balaban J connectivity index is 2.38. The number of hydrogen-bond donors (Lipinski definition) is 1. The van der Waals surface area contributed by atoms with E-state index < -0.39 is 0 Å². The standard InChI is InChI=1S/C12H23N3OS/c1-5-16-7-6-15(4)12-14-11(9-17-12)8-13-10(2)3/h9-10,13H,5-8H2,1-4H3. The van der Waals surface area contributed by atoms with Crippen LogP contribution in [0.15, 0.2) is 5.38 Å². The molecule has 0 spiro atoms. The van der Waals surface area contributed by atoms with Crippen LogP contribution in [0.2, 0.25) is 0 Å². The van der Waals surface area contributed by atoms with E-state index in [4.69, 9.17) is 4.74 Å². The van der Waals surface area contributed by atoms with Crippen LogP contribution in [0, 0.1) is 0 Å². The topological polar surface area (TPSA) is 37.4 Å². The summed E-state index contributed by atoms with van der Waals surface area (Å²) in [4.78, 5) is 6.73. The Labute approximate surface area is 108 Å². The number of ether oxygens (including phenoxy) is 1. The van der Waals surface area contributed by atoms with Gasteiger partial charge in [-0.1, -0.05) is 13.8 Å². The zero-order valence-electron chi connectivity index (χ0n) is 11.2. The molecule has 17 heavy (non-hydrogen) atoms. The molecule has 5 heteroatoms. The highest BCUT2D eigenvalue weighted by Gasteiger charge is 2.06. The molecule has 0 bridgehead atoms. The molecule has 4 nitrogen and oxygen atoms in total. The van der Waals surface area contributed by atoms with Crippen LogP contribution in [0.5, 0.6) is 0 Å². The molecule has 0 atom stereocenters. The van der Waals surface area contributed by atoms with Crippen molar-refractivity contribution in [3.05, 3.63) is 11.1 Å². The van der Waals surface area contributed by atoms with Crippen molar-refractivity contribution >= 4 is 16.5 Å². The Bertz CT molecular complexity index is 314. The third-order valence-electron chi connectivity index (χ3n) is 2.33. The molecule has 0 unspecified atom stereocenters. The van der Waals surface area contributed by atoms with Crippen molar-refractivity contribution in [3.8, 4) is 0 Å². The van der Waals surface area contributed by atoms with Gasteiger partial charge in [0.25, 0.3) is 0 Å². The zero-order chi connectivity index (χ0) is 12.7. The van der Waals surface area contributed by atoms with E-state index in [9.17, 15) is 0 Å². The summed E-state index contributed by atoms with van der Waals surface area (Å²) in [5.74, 6) is 0. The first-order chi connectivity index (χ1) is 8.13. The molecule has 0 saturated heterocycles.